The molecule has 1 aromatic rings. The number of hydrogen-bond donors (Lipinski definition) is 1. The summed E-state index contributed by atoms with van der Waals surface area (Å²) >= 11 is 1.01. The van der Waals surface area contributed by atoms with Crippen molar-refractivity contribution >= 4 is 38.6 Å². The maximum atomic E-state index is 10.2. The van der Waals surface area contributed by atoms with Crippen molar-refractivity contribution in [1.29, 1.82) is 0 Å². The molecule has 62 valence electrons. The summed E-state index contributed by atoms with van der Waals surface area (Å²) < 4.78 is 1.21. The fraction of sp³-hybridized carbons (Fsp3) is 0. The van der Waals surface area contributed by atoms with E-state index in [2.05, 4.69) is 0 Å². The first-order valence-electron chi connectivity index (χ1n) is 3.45. The average molecular weight is 271 g/mol. The second-order valence-electron chi connectivity index (χ2n) is 2.30. The Balaban J connectivity index is 2.89. The third-order valence-corrected chi connectivity index (χ3v) is 2.90. The summed E-state index contributed by atoms with van der Waals surface area (Å²) in [6.07, 6.45) is 2.79. The summed E-state index contributed by atoms with van der Waals surface area (Å²) in [5, 5.41) is 8.39. The molecular weight excluding hydrogens is 262 g/mol. The molecule has 0 radical (unpaired) electrons. The normalized spacial score (nSPS) is 10.4. The Kier molecular flexibility index (Phi) is 3.36. The van der Waals surface area contributed by atoms with E-state index in [0.29, 0.717) is 0 Å². The third kappa shape index (κ3) is 2.71. The maximum absolute atomic E-state index is 10.2. The van der Waals surface area contributed by atoms with E-state index >= 15 is 0 Å². The molecule has 0 saturated heterocycles. The molecule has 0 aliphatic heterocycles. The Morgan fingerprint density at radius 1 is 1.42 bits per heavy atom. The van der Waals surface area contributed by atoms with E-state index in [1.54, 1.807) is 6.08 Å². The van der Waals surface area contributed by atoms with Crippen molar-refractivity contribution in [3.05, 3.63) is 35.9 Å². The minimum atomic E-state index is -0.904. The van der Waals surface area contributed by atoms with E-state index in [0.717, 1.165) is 34.7 Å². The molecule has 0 amide bonds. The van der Waals surface area contributed by atoms with Crippen molar-refractivity contribution in [3.63, 3.8) is 0 Å². The molecule has 12 heavy (non-hydrogen) atoms. The van der Waals surface area contributed by atoms with Crippen LogP contribution in [-0.4, -0.2) is 34.1 Å². The quantitative estimate of drug-likeness (QED) is 0.609. The van der Waals surface area contributed by atoms with E-state index in [9.17, 15) is 4.79 Å². The molecule has 1 aromatic carbocycles. The van der Waals surface area contributed by atoms with Crippen LogP contribution >= 0.6 is 0 Å². The van der Waals surface area contributed by atoms with Crippen LogP contribution in [0.25, 0.3) is 6.08 Å². The van der Waals surface area contributed by atoms with Gasteiger partial charge in [0.25, 0.3) is 0 Å². The van der Waals surface area contributed by atoms with Crippen LogP contribution < -0.4 is 3.51 Å². The molecule has 0 unspecified atom stereocenters. The molecule has 0 atom stereocenters. The molecule has 0 saturated carbocycles. The minimum absolute atomic E-state index is 0.904. The Morgan fingerprint density at radius 3 is 2.67 bits per heavy atom. The summed E-state index contributed by atoms with van der Waals surface area (Å²) in [7, 11) is 0. The van der Waals surface area contributed by atoms with Gasteiger partial charge in [-0.3, -0.25) is 0 Å². The van der Waals surface area contributed by atoms with Crippen LogP contribution in [0.4, 0.5) is 0 Å². The zero-order valence-electron chi connectivity index (χ0n) is 6.40. The topological polar surface area (TPSA) is 37.3 Å². The Hall–Kier alpha value is -0.752. The summed E-state index contributed by atoms with van der Waals surface area (Å²) in [6, 6.07) is 7.78. The zero-order chi connectivity index (χ0) is 8.97. The molecule has 0 bridgehead atoms. The number of carboxylic acids is 1. The molecule has 0 aliphatic rings. The molecular formula is C9H9O2Sb. The molecule has 0 spiro atoms. The summed E-state index contributed by atoms with van der Waals surface area (Å²) in [5.41, 5.74) is 1.00. The molecule has 0 aromatic heterocycles. The summed E-state index contributed by atoms with van der Waals surface area (Å²) in [4.78, 5) is 10.2. The van der Waals surface area contributed by atoms with Gasteiger partial charge >= 0.3 is 84.4 Å². The number of hydrogen-bond acceptors (Lipinski definition) is 1. The molecule has 0 aliphatic carbocycles. The number of carboxylic acid groups (broad SMARTS) is 1. The second-order valence-corrected chi connectivity index (χ2v) is 4.08. The fourth-order valence-corrected chi connectivity index (χ4v) is 1.69. The van der Waals surface area contributed by atoms with Gasteiger partial charge in [-0.05, 0) is 0 Å². The van der Waals surface area contributed by atoms with E-state index in [4.69, 9.17) is 5.11 Å². The van der Waals surface area contributed by atoms with Crippen LogP contribution in [0.3, 0.4) is 0 Å². The van der Waals surface area contributed by atoms with Crippen LogP contribution in [0.15, 0.2) is 30.3 Å². The van der Waals surface area contributed by atoms with Gasteiger partial charge in [0.2, 0.25) is 0 Å². The summed E-state index contributed by atoms with van der Waals surface area (Å²) in [6.45, 7) is 0. The first kappa shape index (κ1) is 9.34. The predicted octanol–water partition coefficient (Wildman–Crippen LogP) is 0.0428. The van der Waals surface area contributed by atoms with Crippen molar-refractivity contribution < 1.29 is 9.90 Å². The zero-order valence-corrected chi connectivity index (χ0v) is 9.69. The van der Waals surface area contributed by atoms with Crippen molar-refractivity contribution in [3.8, 4) is 0 Å². The van der Waals surface area contributed by atoms with Gasteiger partial charge in [-0.15, -0.1) is 0 Å². The number of carbonyl (C=O) groups is 1. The number of benzene rings is 1. The first-order valence-corrected chi connectivity index (χ1v) is 5.10. The van der Waals surface area contributed by atoms with Gasteiger partial charge in [0.15, 0.2) is 0 Å². The van der Waals surface area contributed by atoms with E-state index < -0.39 is 5.97 Å². The van der Waals surface area contributed by atoms with Gasteiger partial charge in [0.1, 0.15) is 0 Å². The average Bonchev–Trinajstić information content (AvgIpc) is 2.03. The van der Waals surface area contributed by atoms with Crippen molar-refractivity contribution in [1.82, 2.24) is 0 Å². The summed E-state index contributed by atoms with van der Waals surface area (Å²) in [5.74, 6) is -0.904. The van der Waals surface area contributed by atoms with E-state index in [1.807, 2.05) is 24.3 Å². The van der Waals surface area contributed by atoms with Crippen molar-refractivity contribution in [2.75, 3.05) is 0 Å². The van der Waals surface area contributed by atoms with Gasteiger partial charge in [-0.2, -0.15) is 0 Å². The van der Waals surface area contributed by atoms with Gasteiger partial charge in [-0.25, -0.2) is 0 Å². The van der Waals surface area contributed by atoms with Crippen molar-refractivity contribution in [2.24, 2.45) is 0 Å². The van der Waals surface area contributed by atoms with E-state index in [-0.39, 0.29) is 0 Å². The first-order chi connectivity index (χ1) is 5.70. The van der Waals surface area contributed by atoms with Gasteiger partial charge in [0.05, 0.1) is 0 Å². The number of rotatable bonds is 2. The Bertz CT molecular complexity index is 318. The molecule has 0 fully saturated rings. The SMILES string of the molecule is O=C(O)C=Cc1cccc[c]1[SbH2]. The number of aliphatic carboxylic acids is 1. The van der Waals surface area contributed by atoms with Crippen LogP contribution in [0.2, 0.25) is 0 Å². The predicted molar refractivity (Wildman–Crippen MR) is 51.3 cm³/mol. The van der Waals surface area contributed by atoms with Crippen LogP contribution in [0, 0.1) is 0 Å². The molecule has 3 heteroatoms. The van der Waals surface area contributed by atoms with Gasteiger partial charge in [-0.1, -0.05) is 0 Å². The van der Waals surface area contributed by atoms with Gasteiger partial charge < -0.3 is 0 Å². The van der Waals surface area contributed by atoms with Crippen molar-refractivity contribution in [2.45, 2.75) is 0 Å². The Labute approximate surface area is 84.4 Å². The molecule has 0 heterocycles. The Morgan fingerprint density at radius 2 is 2.08 bits per heavy atom. The monoisotopic (exact) mass is 270 g/mol. The van der Waals surface area contributed by atoms with Crippen LogP contribution in [0.1, 0.15) is 5.56 Å². The van der Waals surface area contributed by atoms with E-state index in [1.165, 1.54) is 3.51 Å². The van der Waals surface area contributed by atoms with Gasteiger partial charge in [0, 0.05) is 0 Å². The molecule has 1 rings (SSSR count). The standard InChI is InChI=1S/C9H7O2.Sb.2H/c10-9(11)7-6-8-4-2-1-3-5-8;;;/h1-4,6-7H,(H,10,11);;;. The molecule has 1 N–H and O–H groups in total. The van der Waals surface area contributed by atoms with Crippen LogP contribution in [0.5, 0.6) is 0 Å². The third-order valence-electron chi connectivity index (χ3n) is 1.40. The fourth-order valence-electron chi connectivity index (χ4n) is 0.824. The van der Waals surface area contributed by atoms with Crippen LogP contribution in [-0.2, 0) is 4.79 Å². The second kappa shape index (κ2) is 4.32. The molecule has 2 nitrogen and oxygen atoms in total.